The summed E-state index contributed by atoms with van der Waals surface area (Å²) in [5, 5.41) is 4.98. The van der Waals surface area contributed by atoms with Crippen LogP contribution in [0.3, 0.4) is 0 Å². The van der Waals surface area contributed by atoms with Crippen molar-refractivity contribution in [3.63, 3.8) is 0 Å². The van der Waals surface area contributed by atoms with E-state index >= 15 is 0 Å². The fraction of sp³-hybridized carbons (Fsp3) is 0.391. The van der Waals surface area contributed by atoms with E-state index in [2.05, 4.69) is 27.1 Å². The van der Waals surface area contributed by atoms with Crippen molar-refractivity contribution in [2.45, 2.75) is 17.3 Å². The number of nitrogens with zero attached hydrogens (tertiary/aromatic N) is 4. The van der Waals surface area contributed by atoms with Crippen molar-refractivity contribution in [2.24, 2.45) is 0 Å². The van der Waals surface area contributed by atoms with Gasteiger partial charge in [-0.2, -0.15) is 0 Å². The second-order valence-electron chi connectivity index (χ2n) is 7.90. The monoisotopic (exact) mass is 441 g/mol. The molecular formula is C23H28FN5OS. The average molecular weight is 442 g/mol. The van der Waals surface area contributed by atoms with Crippen LogP contribution in [-0.4, -0.2) is 71.6 Å². The average Bonchev–Trinajstić information content (AvgIpc) is 3.18. The number of piperazine rings is 1. The van der Waals surface area contributed by atoms with Crippen LogP contribution in [0.5, 0.6) is 0 Å². The molecule has 1 aromatic carbocycles. The molecule has 0 saturated carbocycles. The number of fused-ring (bicyclic) bond motifs is 1. The Balaban J connectivity index is 1.31. The maximum Gasteiger partial charge on any atom is 0.239 e. The lowest BCUT2D eigenvalue weighted by Gasteiger charge is -2.32. The first-order valence-electron chi connectivity index (χ1n) is 10.6. The summed E-state index contributed by atoms with van der Waals surface area (Å²) in [5.74, 6) is 0.501. The van der Waals surface area contributed by atoms with Gasteiger partial charge in [-0.1, -0.05) is 12.1 Å². The fourth-order valence-corrected chi connectivity index (χ4v) is 4.68. The smallest absolute Gasteiger partial charge is 0.239 e. The summed E-state index contributed by atoms with van der Waals surface area (Å²) in [4.78, 5) is 21.7. The SMILES string of the molecule is CN1CCN(CCNC(=O)Cn2ccc3c(SCc4ccc(F)cc4)nccc32)CC1. The number of hydrogen-bond donors (Lipinski definition) is 1. The number of pyridine rings is 1. The zero-order valence-corrected chi connectivity index (χ0v) is 18.6. The van der Waals surface area contributed by atoms with Crippen molar-refractivity contribution in [2.75, 3.05) is 46.3 Å². The minimum Gasteiger partial charge on any atom is -0.353 e. The number of thioether (sulfide) groups is 1. The van der Waals surface area contributed by atoms with Gasteiger partial charge < -0.3 is 14.8 Å². The van der Waals surface area contributed by atoms with Gasteiger partial charge in [0.1, 0.15) is 17.4 Å². The number of likely N-dealkylation sites (N-methyl/N-ethyl adjacent to an activating group) is 1. The van der Waals surface area contributed by atoms with Crippen molar-refractivity contribution in [3.05, 3.63) is 60.2 Å². The van der Waals surface area contributed by atoms with Crippen LogP contribution >= 0.6 is 11.8 Å². The number of rotatable bonds is 8. The molecule has 6 nitrogen and oxygen atoms in total. The Hall–Kier alpha value is -2.42. The number of aromatic nitrogens is 2. The number of hydrogen-bond acceptors (Lipinski definition) is 5. The zero-order chi connectivity index (χ0) is 21.6. The van der Waals surface area contributed by atoms with E-state index in [0.29, 0.717) is 12.3 Å². The lowest BCUT2D eigenvalue weighted by Crippen LogP contribution is -2.47. The zero-order valence-electron chi connectivity index (χ0n) is 17.8. The number of benzene rings is 1. The quantitative estimate of drug-likeness (QED) is 0.545. The second-order valence-corrected chi connectivity index (χ2v) is 8.87. The number of carbonyl (C=O) groups is 1. The Bertz CT molecular complexity index is 1010. The number of amides is 1. The molecule has 4 rings (SSSR count). The third kappa shape index (κ3) is 5.84. The number of halogens is 1. The summed E-state index contributed by atoms with van der Waals surface area (Å²) >= 11 is 1.61. The topological polar surface area (TPSA) is 53.4 Å². The summed E-state index contributed by atoms with van der Waals surface area (Å²) in [5.41, 5.74) is 2.04. The highest BCUT2D eigenvalue weighted by atomic mass is 32.2. The van der Waals surface area contributed by atoms with Crippen LogP contribution in [0.4, 0.5) is 4.39 Å². The summed E-state index contributed by atoms with van der Waals surface area (Å²) in [6, 6.07) is 10.5. The van der Waals surface area contributed by atoms with Gasteiger partial charge in [-0.15, -0.1) is 11.8 Å². The van der Waals surface area contributed by atoms with Crippen molar-refractivity contribution >= 4 is 28.6 Å². The molecule has 1 N–H and O–H groups in total. The van der Waals surface area contributed by atoms with Gasteiger partial charge in [0, 0.05) is 62.8 Å². The molecule has 0 bridgehead atoms. The molecule has 8 heteroatoms. The maximum absolute atomic E-state index is 13.1. The highest BCUT2D eigenvalue weighted by molar-refractivity contribution is 7.98. The van der Waals surface area contributed by atoms with Gasteiger partial charge in [-0.3, -0.25) is 9.69 Å². The van der Waals surface area contributed by atoms with Crippen molar-refractivity contribution in [3.8, 4) is 0 Å². The molecule has 3 heterocycles. The predicted octanol–water partition coefficient (Wildman–Crippen LogP) is 2.83. The molecule has 1 saturated heterocycles. The normalized spacial score (nSPS) is 15.4. The van der Waals surface area contributed by atoms with Gasteiger partial charge in [0.25, 0.3) is 0 Å². The fourth-order valence-electron chi connectivity index (χ4n) is 3.72. The molecule has 0 radical (unpaired) electrons. The standard InChI is InChI=1S/C23H28FN5OS/c1-27-12-14-28(15-13-27)11-9-25-22(30)16-29-10-7-20-21(29)6-8-26-23(20)31-17-18-2-4-19(24)5-3-18/h2-8,10H,9,11-17H2,1H3,(H,25,30). The first-order valence-corrected chi connectivity index (χ1v) is 11.6. The van der Waals surface area contributed by atoms with Crippen LogP contribution in [0.2, 0.25) is 0 Å². The van der Waals surface area contributed by atoms with Crippen LogP contribution in [0.25, 0.3) is 10.9 Å². The van der Waals surface area contributed by atoms with E-state index in [-0.39, 0.29) is 18.3 Å². The maximum atomic E-state index is 13.1. The van der Waals surface area contributed by atoms with E-state index in [9.17, 15) is 9.18 Å². The van der Waals surface area contributed by atoms with Crippen LogP contribution in [0.15, 0.2) is 53.8 Å². The van der Waals surface area contributed by atoms with Gasteiger partial charge in [-0.25, -0.2) is 9.37 Å². The largest absolute Gasteiger partial charge is 0.353 e. The number of nitrogens with one attached hydrogen (secondary N) is 1. The van der Waals surface area contributed by atoms with Crippen LogP contribution in [0, 0.1) is 5.82 Å². The van der Waals surface area contributed by atoms with Crippen molar-refractivity contribution in [1.82, 2.24) is 24.7 Å². The Morgan fingerprint density at radius 2 is 1.90 bits per heavy atom. The molecule has 1 amide bonds. The molecule has 0 unspecified atom stereocenters. The third-order valence-corrected chi connectivity index (χ3v) is 6.69. The highest BCUT2D eigenvalue weighted by Gasteiger charge is 2.14. The van der Waals surface area contributed by atoms with Gasteiger partial charge in [0.05, 0.1) is 5.52 Å². The predicted molar refractivity (Wildman–Crippen MR) is 123 cm³/mol. The molecule has 0 spiro atoms. The van der Waals surface area contributed by atoms with E-state index in [1.165, 1.54) is 12.1 Å². The van der Waals surface area contributed by atoms with Crippen LogP contribution in [0.1, 0.15) is 5.56 Å². The molecule has 1 aliphatic rings. The molecule has 1 fully saturated rings. The minimum absolute atomic E-state index is 0.0176. The molecular weight excluding hydrogens is 413 g/mol. The van der Waals surface area contributed by atoms with Crippen LogP contribution < -0.4 is 5.32 Å². The first kappa shape index (κ1) is 21.8. The summed E-state index contributed by atoms with van der Waals surface area (Å²) in [7, 11) is 2.14. The van der Waals surface area contributed by atoms with Crippen molar-refractivity contribution < 1.29 is 9.18 Å². The summed E-state index contributed by atoms with van der Waals surface area (Å²) in [6.45, 7) is 6.12. The van der Waals surface area contributed by atoms with E-state index in [4.69, 9.17) is 0 Å². The minimum atomic E-state index is -0.229. The Labute approximate surface area is 186 Å². The molecule has 0 aliphatic carbocycles. The highest BCUT2D eigenvalue weighted by Crippen LogP contribution is 2.29. The van der Waals surface area contributed by atoms with Crippen LogP contribution in [-0.2, 0) is 17.1 Å². The molecule has 31 heavy (non-hydrogen) atoms. The van der Waals surface area contributed by atoms with Crippen molar-refractivity contribution in [1.29, 1.82) is 0 Å². The van der Waals surface area contributed by atoms with E-state index in [0.717, 1.165) is 54.2 Å². The second kappa shape index (κ2) is 10.3. The summed E-state index contributed by atoms with van der Waals surface area (Å²) in [6.07, 6.45) is 3.71. The molecule has 1 aliphatic heterocycles. The Kier molecular flexibility index (Phi) is 7.21. The molecule has 164 valence electrons. The lowest BCUT2D eigenvalue weighted by atomic mass is 10.2. The van der Waals surface area contributed by atoms with E-state index in [1.807, 2.05) is 22.9 Å². The Morgan fingerprint density at radius 3 is 2.68 bits per heavy atom. The third-order valence-electron chi connectivity index (χ3n) is 5.61. The Morgan fingerprint density at radius 1 is 1.13 bits per heavy atom. The lowest BCUT2D eigenvalue weighted by molar-refractivity contribution is -0.121. The summed E-state index contributed by atoms with van der Waals surface area (Å²) < 4.78 is 15.1. The molecule has 3 aromatic rings. The number of carbonyl (C=O) groups excluding carboxylic acids is 1. The van der Waals surface area contributed by atoms with Gasteiger partial charge >= 0.3 is 0 Å². The molecule has 0 atom stereocenters. The first-order chi connectivity index (χ1) is 15.1. The van der Waals surface area contributed by atoms with Gasteiger partial charge in [0.2, 0.25) is 5.91 Å². The molecule has 2 aromatic heterocycles. The van der Waals surface area contributed by atoms with E-state index in [1.54, 1.807) is 30.1 Å². The van der Waals surface area contributed by atoms with Gasteiger partial charge in [0.15, 0.2) is 0 Å². The van der Waals surface area contributed by atoms with Gasteiger partial charge in [-0.05, 0) is 36.9 Å². The van der Waals surface area contributed by atoms with E-state index < -0.39 is 0 Å².